The van der Waals surface area contributed by atoms with Gasteiger partial charge in [0.05, 0.1) is 5.56 Å². The topological polar surface area (TPSA) is 42.0 Å². The molecule has 2 aromatic rings. The second kappa shape index (κ2) is 6.37. The number of hydrogen-bond acceptors (Lipinski definition) is 2. The monoisotopic (exact) mass is 358 g/mol. The normalized spacial score (nSPS) is 10.3. The standard InChI is InChI=1S/C13H9BrCl2N2O/c14-9-5-11(12(16)17-7-9)13(19)18-6-8-1-3-10(15)4-2-8/h1-5,7H,6H2,(H,18,19). The van der Waals surface area contributed by atoms with Gasteiger partial charge in [0.25, 0.3) is 5.91 Å². The number of pyridine rings is 1. The van der Waals surface area contributed by atoms with Crippen LogP contribution >= 0.6 is 39.1 Å². The molecular formula is C13H9BrCl2N2O. The van der Waals surface area contributed by atoms with Crippen molar-refractivity contribution in [3.05, 3.63) is 62.3 Å². The molecule has 3 nitrogen and oxygen atoms in total. The first-order valence-electron chi connectivity index (χ1n) is 5.40. The number of carbonyl (C=O) groups is 1. The molecule has 0 aliphatic carbocycles. The van der Waals surface area contributed by atoms with Gasteiger partial charge in [0.2, 0.25) is 0 Å². The molecule has 0 aliphatic heterocycles. The Morgan fingerprint density at radius 3 is 2.63 bits per heavy atom. The Hall–Kier alpha value is -1.10. The zero-order valence-corrected chi connectivity index (χ0v) is 12.8. The summed E-state index contributed by atoms with van der Waals surface area (Å²) in [5.74, 6) is -0.270. The molecule has 1 amide bonds. The van der Waals surface area contributed by atoms with Crippen molar-refractivity contribution < 1.29 is 4.79 Å². The molecule has 1 aromatic carbocycles. The van der Waals surface area contributed by atoms with Crippen LogP contribution in [0.1, 0.15) is 15.9 Å². The minimum atomic E-state index is -0.270. The molecule has 0 bridgehead atoms. The van der Waals surface area contributed by atoms with E-state index < -0.39 is 0 Å². The fourth-order valence-corrected chi connectivity index (χ4v) is 2.11. The summed E-state index contributed by atoms with van der Waals surface area (Å²) in [6.07, 6.45) is 1.54. The van der Waals surface area contributed by atoms with Crippen molar-refractivity contribution in [2.45, 2.75) is 6.54 Å². The van der Waals surface area contributed by atoms with Crippen molar-refractivity contribution >= 4 is 45.0 Å². The lowest BCUT2D eigenvalue weighted by Crippen LogP contribution is -2.23. The van der Waals surface area contributed by atoms with E-state index in [9.17, 15) is 4.79 Å². The lowest BCUT2D eigenvalue weighted by Gasteiger charge is -2.07. The van der Waals surface area contributed by atoms with E-state index in [1.165, 1.54) is 6.20 Å². The fourth-order valence-electron chi connectivity index (χ4n) is 1.46. The third kappa shape index (κ3) is 3.93. The van der Waals surface area contributed by atoms with E-state index in [4.69, 9.17) is 23.2 Å². The van der Waals surface area contributed by atoms with E-state index in [0.29, 0.717) is 21.6 Å². The first-order valence-corrected chi connectivity index (χ1v) is 6.95. The molecular weight excluding hydrogens is 351 g/mol. The predicted molar refractivity (Wildman–Crippen MR) is 79.6 cm³/mol. The maximum absolute atomic E-state index is 12.0. The maximum atomic E-state index is 12.0. The number of hydrogen-bond donors (Lipinski definition) is 1. The fraction of sp³-hybridized carbons (Fsp3) is 0.0769. The molecule has 0 atom stereocenters. The van der Waals surface area contributed by atoms with Crippen LogP contribution in [0.25, 0.3) is 0 Å². The predicted octanol–water partition coefficient (Wildman–Crippen LogP) is 4.08. The van der Waals surface area contributed by atoms with Crippen molar-refractivity contribution in [1.29, 1.82) is 0 Å². The van der Waals surface area contributed by atoms with Crippen LogP contribution in [0, 0.1) is 0 Å². The van der Waals surface area contributed by atoms with Gasteiger partial charge in [-0.1, -0.05) is 35.3 Å². The van der Waals surface area contributed by atoms with Crippen LogP contribution in [-0.2, 0) is 6.54 Å². The van der Waals surface area contributed by atoms with Gasteiger partial charge in [0.15, 0.2) is 0 Å². The number of carbonyl (C=O) groups excluding carboxylic acids is 1. The molecule has 6 heteroatoms. The highest BCUT2D eigenvalue weighted by molar-refractivity contribution is 9.10. The summed E-state index contributed by atoms with van der Waals surface area (Å²) in [4.78, 5) is 15.9. The molecule has 1 aromatic heterocycles. The summed E-state index contributed by atoms with van der Waals surface area (Å²) in [6, 6.07) is 8.88. The van der Waals surface area contributed by atoms with Crippen molar-refractivity contribution in [3.8, 4) is 0 Å². The van der Waals surface area contributed by atoms with E-state index in [0.717, 1.165) is 5.56 Å². The van der Waals surface area contributed by atoms with E-state index in [-0.39, 0.29) is 11.1 Å². The smallest absolute Gasteiger partial charge is 0.254 e. The van der Waals surface area contributed by atoms with Crippen LogP contribution in [0.5, 0.6) is 0 Å². The number of amides is 1. The Kier molecular flexibility index (Phi) is 4.80. The molecule has 19 heavy (non-hydrogen) atoms. The Labute approximate surface area is 129 Å². The van der Waals surface area contributed by atoms with Crippen LogP contribution < -0.4 is 5.32 Å². The van der Waals surface area contributed by atoms with Gasteiger partial charge in [-0.15, -0.1) is 0 Å². The Bertz CT molecular complexity index is 602. The molecule has 1 N–H and O–H groups in total. The molecule has 0 radical (unpaired) electrons. The van der Waals surface area contributed by atoms with Crippen LogP contribution in [0.3, 0.4) is 0 Å². The number of rotatable bonds is 3. The van der Waals surface area contributed by atoms with Gasteiger partial charge in [0.1, 0.15) is 5.15 Å². The molecule has 98 valence electrons. The van der Waals surface area contributed by atoms with Gasteiger partial charge in [-0.25, -0.2) is 4.98 Å². The van der Waals surface area contributed by atoms with Crippen LogP contribution in [0.4, 0.5) is 0 Å². The third-order valence-corrected chi connectivity index (χ3v) is 3.40. The summed E-state index contributed by atoms with van der Waals surface area (Å²) in [7, 11) is 0. The van der Waals surface area contributed by atoms with Gasteiger partial charge in [0, 0.05) is 22.2 Å². The quantitative estimate of drug-likeness (QED) is 0.839. The average molecular weight is 360 g/mol. The van der Waals surface area contributed by atoms with Gasteiger partial charge in [-0.2, -0.15) is 0 Å². The van der Waals surface area contributed by atoms with E-state index >= 15 is 0 Å². The molecule has 0 saturated carbocycles. The molecule has 0 unspecified atom stereocenters. The minimum Gasteiger partial charge on any atom is -0.348 e. The van der Waals surface area contributed by atoms with E-state index in [1.54, 1.807) is 18.2 Å². The summed E-state index contributed by atoms with van der Waals surface area (Å²) in [6.45, 7) is 0.402. The van der Waals surface area contributed by atoms with Crippen molar-refractivity contribution in [2.75, 3.05) is 0 Å². The van der Waals surface area contributed by atoms with Crippen molar-refractivity contribution in [3.63, 3.8) is 0 Å². The highest BCUT2D eigenvalue weighted by atomic mass is 79.9. The van der Waals surface area contributed by atoms with Gasteiger partial charge < -0.3 is 5.32 Å². The molecule has 1 heterocycles. The summed E-state index contributed by atoms with van der Waals surface area (Å²) < 4.78 is 0.702. The van der Waals surface area contributed by atoms with E-state index in [2.05, 4.69) is 26.2 Å². The van der Waals surface area contributed by atoms with Crippen LogP contribution in [0.2, 0.25) is 10.2 Å². The maximum Gasteiger partial charge on any atom is 0.254 e. The number of nitrogens with zero attached hydrogens (tertiary/aromatic N) is 1. The number of halogens is 3. The minimum absolute atomic E-state index is 0.178. The molecule has 0 aliphatic rings. The summed E-state index contributed by atoms with van der Waals surface area (Å²) >= 11 is 14.9. The van der Waals surface area contributed by atoms with Crippen LogP contribution in [-0.4, -0.2) is 10.9 Å². The lowest BCUT2D eigenvalue weighted by atomic mass is 10.2. The second-order valence-corrected chi connectivity index (χ2v) is 5.51. The highest BCUT2D eigenvalue weighted by Crippen LogP contribution is 2.18. The van der Waals surface area contributed by atoms with Crippen molar-refractivity contribution in [2.24, 2.45) is 0 Å². The largest absolute Gasteiger partial charge is 0.348 e. The first kappa shape index (κ1) is 14.3. The second-order valence-electron chi connectivity index (χ2n) is 3.80. The first-order chi connectivity index (χ1) is 9.06. The third-order valence-electron chi connectivity index (χ3n) is 2.42. The molecule has 0 fully saturated rings. The van der Waals surface area contributed by atoms with Gasteiger partial charge in [-0.05, 0) is 39.7 Å². The Morgan fingerprint density at radius 2 is 1.95 bits per heavy atom. The Morgan fingerprint density at radius 1 is 1.26 bits per heavy atom. The number of nitrogens with one attached hydrogen (secondary N) is 1. The molecule has 2 rings (SSSR count). The highest BCUT2D eigenvalue weighted by Gasteiger charge is 2.11. The summed E-state index contributed by atoms with van der Waals surface area (Å²) in [5, 5.41) is 3.61. The van der Waals surface area contributed by atoms with E-state index in [1.807, 2.05) is 12.1 Å². The van der Waals surface area contributed by atoms with Crippen LogP contribution in [0.15, 0.2) is 41.0 Å². The van der Waals surface area contributed by atoms with Gasteiger partial charge in [-0.3, -0.25) is 4.79 Å². The Balaban J connectivity index is 2.05. The number of benzene rings is 1. The number of aromatic nitrogens is 1. The SMILES string of the molecule is O=C(NCc1ccc(Cl)cc1)c1cc(Br)cnc1Cl. The van der Waals surface area contributed by atoms with Crippen molar-refractivity contribution in [1.82, 2.24) is 10.3 Å². The lowest BCUT2D eigenvalue weighted by molar-refractivity contribution is 0.0950. The zero-order valence-electron chi connectivity index (χ0n) is 9.66. The zero-order chi connectivity index (χ0) is 13.8. The average Bonchev–Trinajstić information content (AvgIpc) is 2.40. The molecule has 0 saturated heterocycles. The van der Waals surface area contributed by atoms with Gasteiger partial charge >= 0.3 is 0 Å². The molecule has 0 spiro atoms. The summed E-state index contributed by atoms with van der Waals surface area (Å²) in [5.41, 5.74) is 1.29.